The minimum atomic E-state index is 0.286. The van der Waals surface area contributed by atoms with Gasteiger partial charge in [0.25, 0.3) is 0 Å². The van der Waals surface area contributed by atoms with Gasteiger partial charge in [-0.2, -0.15) is 15.0 Å². The van der Waals surface area contributed by atoms with Crippen LogP contribution in [0.4, 0.5) is 0 Å². The minimum absolute atomic E-state index is 0.286. The number of aromatic nitrogens is 3. The molecule has 0 N–H and O–H groups in total. The van der Waals surface area contributed by atoms with Gasteiger partial charge < -0.3 is 4.74 Å². The maximum Gasteiger partial charge on any atom is 0.321 e. The molecule has 0 amide bonds. The highest BCUT2D eigenvalue weighted by Crippen LogP contribution is 2.11. The average Bonchev–Trinajstić information content (AvgIpc) is 1.85. The lowest BCUT2D eigenvalue weighted by Crippen LogP contribution is -1.94. The number of hydrogen-bond donors (Lipinski definition) is 0. The molecule has 0 bridgehead atoms. The van der Waals surface area contributed by atoms with Gasteiger partial charge in [0.1, 0.15) is 0 Å². The van der Waals surface area contributed by atoms with Crippen molar-refractivity contribution in [2.24, 2.45) is 0 Å². The molecule has 6 heteroatoms. The SMILES string of the molecule is COc1nc(Br)nc(Br)n1. The molecule has 10 heavy (non-hydrogen) atoms. The molecule has 1 rings (SSSR count). The Balaban J connectivity index is 3.06. The van der Waals surface area contributed by atoms with Crippen molar-refractivity contribution in [1.82, 2.24) is 15.0 Å². The van der Waals surface area contributed by atoms with Gasteiger partial charge in [0.05, 0.1) is 7.11 Å². The van der Waals surface area contributed by atoms with E-state index in [0.29, 0.717) is 9.47 Å². The van der Waals surface area contributed by atoms with Gasteiger partial charge in [-0.3, -0.25) is 0 Å². The standard InChI is InChI=1S/C4H3Br2N3O/c1-10-4-8-2(5)7-3(6)9-4/h1H3. The summed E-state index contributed by atoms with van der Waals surface area (Å²) in [5.41, 5.74) is 0. The molecule has 1 aromatic rings. The third-order valence-electron chi connectivity index (χ3n) is 0.743. The first-order valence-electron chi connectivity index (χ1n) is 2.33. The number of hydrogen-bond acceptors (Lipinski definition) is 4. The van der Waals surface area contributed by atoms with Crippen LogP contribution in [-0.2, 0) is 0 Å². The van der Waals surface area contributed by atoms with Crippen LogP contribution in [0.1, 0.15) is 0 Å². The molecule has 0 aromatic carbocycles. The van der Waals surface area contributed by atoms with Gasteiger partial charge in [-0.15, -0.1) is 0 Å². The Bertz CT molecular complexity index is 222. The number of methoxy groups -OCH3 is 1. The van der Waals surface area contributed by atoms with Crippen LogP contribution >= 0.6 is 31.9 Å². The maximum absolute atomic E-state index is 4.75. The molecule has 0 atom stereocenters. The first kappa shape index (κ1) is 7.87. The molecule has 0 saturated carbocycles. The van der Waals surface area contributed by atoms with Gasteiger partial charge >= 0.3 is 6.01 Å². The van der Waals surface area contributed by atoms with Gasteiger partial charge in [-0.05, 0) is 31.9 Å². The van der Waals surface area contributed by atoms with Crippen LogP contribution in [0, 0.1) is 0 Å². The second-order valence-corrected chi connectivity index (χ2v) is 2.78. The van der Waals surface area contributed by atoms with Gasteiger partial charge in [-0.1, -0.05) is 0 Å². The molecule has 0 aliphatic rings. The number of ether oxygens (including phenoxy) is 1. The van der Waals surface area contributed by atoms with Crippen LogP contribution in [0.15, 0.2) is 9.47 Å². The van der Waals surface area contributed by atoms with Crippen molar-refractivity contribution in [2.45, 2.75) is 0 Å². The average molecular weight is 269 g/mol. The van der Waals surface area contributed by atoms with Gasteiger partial charge in [0.2, 0.25) is 9.47 Å². The third kappa shape index (κ3) is 1.88. The van der Waals surface area contributed by atoms with Gasteiger partial charge in [-0.25, -0.2) is 0 Å². The summed E-state index contributed by atoms with van der Waals surface area (Å²) in [6, 6.07) is 0.286. The Morgan fingerprint density at radius 3 is 2.00 bits per heavy atom. The number of nitrogens with zero attached hydrogens (tertiary/aromatic N) is 3. The lowest BCUT2D eigenvalue weighted by Gasteiger charge is -1.96. The zero-order chi connectivity index (χ0) is 7.56. The largest absolute Gasteiger partial charge is 0.467 e. The first-order valence-corrected chi connectivity index (χ1v) is 3.92. The van der Waals surface area contributed by atoms with E-state index in [1.165, 1.54) is 7.11 Å². The van der Waals surface area contributed by atoms with Crippen molar-refractivity contribution < 1.29 is 4.74 Å². The van der Waals surface area contributed by atoms with E-state index >= 15 is 0 Å². The lowest BCUT2D eigenvalue weighted by molar-refractivity contribution is 0.375. The summed E-state index contributed by atoms with van der Waals surface area (Å²) < 4.78 is 5.65. The molecule has 4 nitrogen and oxygen atoms in total. The summed E-state index contributed by atoms with van der Waals surface area (Å²) in [5.74, 6) is 0. The molecule has 1 heterocycles. The molecule has 0 fully saturated rings. The van der Waals surface area contributed by atoms with Crippen molar-refractivity contribution >= 4 is 31.9 Å². The molecule has 0 aliphatic carbocycles. The fourth-order valence-electron chi connectivity index (χ4n) is 0.400. The van der Waals surface area contributed by atoms with Crippen molar-refractivity contribution in [1.29, 1.82) is 0 Å². The van der Waals surface area contributed by atoms with E-state index in [4.69, 9.17) is 4.74 Å². The zero-order valence-electron chi connectivity index (χ0n) is 5.01. The highest BCUT2D eigenvalue weighted by molar-refractivity contribution is 9.11. The smallest absolute Gasteiger partial charge is 0.321 e. The predicted octanol–water partition coefficient (Wildman–Crippen LogP) is 1.41. The van der Waals surface area contributed by atoms with Gasteiger partial charge in [0, 0.05) is 0 Å². The second kappa shape index (κ2) is 3.25. The summed E-state index contributed by atoms with van der Waals surface area (Å²) >= 11 is 6.16. The molecule has 0 aliphatic heterocycles. The second-order valence-electron chi connectivity index (χ2n) is 1.36. The van der Waals surface area contributed by atoms with E-state index in [9.17, 15) is 0 Å². The van der Waals surface area contributed by atoms with Crippen molar-refractivity contribution in [3.05, 3.63) is 9.47 Å². The van der Waals surface area contributed by atoms with Crippen LogP contribution in [0.3, 0.4) is 0 Å². The van der Waals surface area contributed by atoms with E-state index in [1.807, 2.05) is 0 Å². The highest BCUT2D eigenvalue weighted by Gasteiger charge is 1.99. The quantitative estimate of drug-likeness (QED) is 0.773. The van der Waals surface area contributed by atoms with Crippen LogP contribution in [-0.4, -0.2) is 22.1 Å². The van der Waals surface area contributed by atoms with Crippen molar-refractivity contribution in [2.75, 3.05) is 7.11 Å². The van der Waals surface area contributed by atoms with E-state index in [-0.39, 0.29) is 6.01 Å². The van der Waals surface area contributed by atoms with Crippen LogP contribution in [0.5, 0.6) is 6.01 Å². The fraction of sp³-hybridized carbons (Fsp3) is 0.250. The summed E-state index contributed by atoms with van der Waals surface area (Å²) in [4.78, 5) is 11.4. The fourth-order valence-corrected chi connectivity index (χ4v) is 1.28. The van der Waals surface area contributed by atoms with Crippen LogP contribution in [0.25, 0.3) is 0 Å². The van der Waals surface area contributed by atoms with Crippen molar-refractivity contribution in [3.8, 4) is 6.01 Å². The third-order valence-corrected chi connectivity index (χ3v) is 1.45. The van der Waals surface area contributed by atoms with E-state index in [1.54, 1.807) is 0 Å². The van der Waals surface area contributed by atoms with Crippen molar-refractivity contribution in [3.63, 3.8) is 0 Å². The Labute approximate surface area is 74.3 Å². The maximum atomic E-state index is 4.75. The number of halogens is 2. The summed E-state index contributed by atoms with van der Waals surface area (Å²) in [6.07, 6.45) is 0. The summed E-state index contributed by atoms with van der Waals surface area (Å²) in [7, 11) is 1.49. The van der Waals surface area contributed by atoms with E-state index in [2.05, 4.69) is 46.8 Å². The molecular weight excluding hydrogens is 266 g/mol. The Morgan fingerprint density at radius 1 is 1.10 bits per heavy atom. The van der Waals surface area contributed by atoms with E-state index in [0.717, 1.165) is 0 Å². The lowest BCUT2D eigenvalue weighted by atomic mass is 11.0. The van der Waals surface area contributed by atoms with Gasteiger partial charge in [0.15, 0.2) is 0 Å². The Hall–Kier alpha value is -0.230. The van der Waals surface area contributed by atoms with Crippen LogP contribution in [0.2, 0.25) is 0 Å². The zero-order valence-corrected chi connectivity index (χ0v) is 8.18. The summed E-state index contributed by atoms with van der Waals surface area (Å²) in [6.45, 7) is 0. The normalized spacial score (nSPS) is 9.50. The molecule has 54 valence electrons. The monoisotopic (exact) mass is 267 g/mol. The first-order chi connectivity index (χ1) is 4.72. The van der Waals surface area contributed by atoms with E-state index < -0.39 is 0 Å². The molecule has 0 saturated heterocycles. The van der Waals surface area contributed by atoms with Crippen LogP contribution < -0.4 is 4.74 Å². The molecular formula is C4H3Br2N3O. The highest BCUT2D eigenvalue weighted by atomic mass is 79.9. The molecule has 0 radical (unpaired) electrons. The Morgan fingerprint density at radius 2 is 1.60 bits per heavy atom. The summed E-state index contributed by atoms with van der Waals surface area (Å²) in [5, 5.41) is 0. The molecule has 1 aromatic heterocycles. The minimum Gasteiger partial charge on any atom is -0.467 e. The predicted molar refractivity (Wildman–Crippen MR) is 41.8 cm³/mol. The molecule has 0 spiro atoms. The molecule has 0 unspecified atom stereocenters. The topological polar surface area (TPSA) is 47.9 Å². The Kier molecular flexibility index (Phi) is 2.56. The number of rotatable bonds is 1.